The second-order valence-electron chi connectivity index (χ2n) is 6.70. The molecule has 0 bridgehead atoms. The first-order chi connectivity index (χ1) is 12.7. The van der Waals surface area contributed by atoms with Gasteiger partial charge in [-0.3, -0.25) is 4.79 Å². The predicted molar refractivity (Wildman–Crippen MR) is 105 cm³/mol. The van der Waals surface area contributed by atoms with Gasteiger partial charge in [0, 0.05) is 37.8 Å². The first kappa shape index (κ1) is 18.2. The summed E-state index contributed by atoms with van der Waals surface area (Å²) in [6, 6.07) is 11.6. The van der Waals surface area contributed by atoms with E-state index < -0.39 is 0 Å². The van der Waals surface area contributed by atoms with Crippen LogP contribution in [0.5, 0.6) is 0 Å². The number of rotatable bonds is 7. The second-order valence-corrected chi connectivity index (χ2v) is 6.70. The second kappa shape index (κ2) is 9.17. The number of para-hydroxylation sites is 1. The molecular formula is C20H27N5O. The van der Waals surface area contributed by atoms with Crippen molar-refractivity contribution >= 4 is 23.2 Å². The van der Waals surface area contributed by atoms with Crippen molar-refractivity contribution in [2.75, 3.05) is 35.2 Å². The van der Waals surface area contributed by atoms with Gasteiger partial charge in [0.15, 0.2) is 0 Å². The Labute approximate surface area is 155 Å². The first-order valence-corrected chi connectivity index (χ1v) is 9.40. The normalized spacial score (nSPS) is 17.0. The Kier molecular flexibility index (Phi) is 6.41. The predicted octanol–water partition coefficient (Wildman–Crippen LogP) is 3.54. The van der Waals surface area contributed by atoms with Gasteiger partial charge in [-0.25, -0.2) is 9.97 Å². The summed E-state index contributed by atoms with van der Waals surface area (Å²) in [5, 5.41) is 6.20. The fraction of sp³-hybridized carbons (Fsp3) is 0.450. The summed E-state index contributed by atoms with van der Waals surface area (Å²) in [6.07, 6.45) is 5.37. The molecule has 1 aromatic heterocycles. The number of carbonyl (C=O) groups is 1. The third kappa shape index (κ3) is 5.18. The molecule has 26 heavy (non-hydrogen) atoms. The van der Waals surface area contributed by atoms with Gasteiger partial charge in [0.05, 0.1) is 0 Å². The minimum Gasteiger partial charge on any atom is -0.370 e. The summed E-state index contributed by atoms with van der Waals surface area (Å²) in [7, 11) is 0. The van der Waals surface area contributed by atoms with E-state index in [-0.39, 0.29) is 5.91 Å². The molecule has 1 fully saturated rings. The average molecular weight is 353 g/mol. The minimum atomic E-state index is 0.0878. The largest absolute Gasteiger partial charge is 0.370 e. The van der Waals surface area contributed by atoms with Crippen molar-refractivity contribution in [3.8, 4) is 0 Å². The van der Waals surface area contributed by atoms with Crippen molar-refractivity contribution in [2.24, 2.45) is 5.92 Å². The average Bonchev–Trinajstić information content (AvgIpc) is 2.68. The fourth-order valence-electron chi connectivity index (χ4n) is 3.39. The Balaban J connectivity index is 1.50. The van der Waals surface area contributed by atoms with Crippen LogP contribution in [-0.4, -0.2) is 35.5 Å². The molecule has 1 aliphatic heterocycles. The number of hydrogen-bond acceptors (Lipinski definition) is 5. The van der Waals surface area contributed by atoms with E-state index in [1.54, 1.807) is 6.33 Å². The molecule has 1 amide bonds. The van der Waals surface area contributed by atoms with E-state index >= 15 is 0 Å². The first-order valence-electron chi connectivity index (χ1n) is 9.40. The Morgan fingerprint density at radius 2 is 2.12 bits per heavy atom. The number of anilines is 3. The van der Waals surface area contributed by atoms with Gasteiger partial charge in [0.1, 0.15) is 18.0 Å². The van der Waals surface area contributed by atoms with Crippen molar-refractivity contribution in [1.29, 1.82) is 0 Å². The van der Waals surface area contributed by atoms with E-state index in [1.165, 1.54) is 6.42 Å². The van der Waals surface area contributed by atoms with E-state index in [4.69, 9.17) is 0 Å². The molecule has 0 aliphatic carbocycles. The molecule has 1 aromatic carbocycles. The smallest absolute Gasteiger partial charge is 0.224 e. The monoisotopic (exact) mass is 353 g/mol. The summed E-state index contributed by atoms with van der Waals surface area (Å²) in [6.45, 7) is 4.85. The van der Waals surface area contributed by atoms with Crippen LogP contribution in [0, 0.1) is 5.92 Å². The molecule has 0 spiro atoms. The van der Waals surface area contributed by atoms with Crippen LogP contribution >= 0.6 is 0 Å². The number of amides is 1. The zero-order valence-electron chi connectivity index (χ0n) is 15.3. The summed E-state index contributed by atoms with van der Waals surface area (Å²) in [5.41, 5.74) is 0.861. The Morgan fingerprint density at radius 3 is 2.92 bits per heavy atom. The van der Waals surface area contributed by atoms with Crippen LogP contribution in [0.15, 0.2) is 42.7 Å². The molecule has 2 aromatic rings. The van der Waals surface area contributed by atoms with Crippen molar-refractivity contribution in [2.45, 2.75) is 32.6 Å². The molecule has 1 aliphatic rings. The highest BCUT2D eigenvalue weighted by atomic mass is 16.1. The van der Waals surface area contributed by atoms with E-state index in [0.29, 0.717) is 12.3 Å². The quantitative estimate of drug-likeness (QED) is 0.797. The van der Waals surface area contributed by atoms with Crippen LogP contribution < -0.4 is 15.5 Å². The molecule has 138 valence electrons. The van der Waals surface area contributed by atoms with Crippen LogP contribution in [0.1, 0.15) is 32.6 Å². The number of benzene rings is 1. The molecule has 3 rings (SSSR count). The van der Waals surface area contributed by atoms with Crippen molar-refractivity contribution in [3.05, 3.63) is 42.7 Å². The van der Waals surface area contributed by atoms with Crippen LogP contribution in [0.2, 0.25) is 0 Å². The highest BCUT2D eigenvalue weighted by Gasteiger charge is 2.22. The van der Waals surface area contributed by atoms with Gasteiger partial charge in [0.25, 0.3) is 0 Å². The SMILES string of the molecule is CCNc1cc(N2CCC[C@H](CCC(=O)Nc3ccccc3)C2)ncn1. The number of aromatic nitrogens is 2. The van der Waals surface area contributed by atoms with Gasteiger partial charge in [-0.2, -0.15) is 0 Å². The maximum Gasteiger partial charge on any atom is 0.224 e. The number of piperidine rings is 1. The summed E-state index contributed by atoms with van der Waals surface area (Å²) < 4.78 is 0. The topological polar surface area (TPSA) is 70.2 Å². The molecule has 1 atom stereocenters. The molecule has 0 unspecified atom stereocenters. The van der Waals surface area contributed by atoms with Crippen LogP contribution in [0.4, 0.5) is 17.3 Å². The number of nitrogens with zero attached hydrogens (tertiary/aromatic N) is 3. The summed E-state index contributed by atoms with van der Waals surface area (Å²) in [5.74, 6) is 2.43. The standard InChI is InChI=1S/C20H27N5O/c1-2-21-18-13-19(23-15-22-18)25-12-6-7-16(14-25)10-11-20(26)24-17-8-4-3-5-9-17/h3-5,8-9,13,15-16H,2,6-7,10-12,14H2,1H3,(H,24,26)(H,21,22,23)/t16-/m1/s1. The zero-order valence-corrected chi connectivity index (χ0v) is 15.3. The van der Waals surface area contributed by atoms with E-state index in [2.05, 4.69) is 32.4 Å². The summed E-state index contributed by atoms with van der Waals surface area (Å²) >= 11 is 0. The highest BCUT2D eigenvalue weighted by molar-refractivity contribution is 5.90. The molecule has 6 heteroatoms. The molecule has 6 nitrogen and oxygen atoms in total. The van der Waals surface area contributed by atoms with Gasteiger partial charge < -0.3 is 15.5 Å². The van der Waals surface area contributed by atoms with Gasteiger partial charge in [0.2, 0.25) is 5.91 Å². The Bertz CT molecular complexity index is 706. The summed E-state index contributed by atoms with van der Waals surface area (Å²) in [4.78, 5) is 23.1. The fourth-order valence-corrected chi connectivity index (χ4v) is 3.39. The molecule has 2 N–H and O–H groups in total. The maximum atomic E-state index is 12.2. The molecule has 1 saturated heterocycles. The van der Waals surface area contributed by atoms with E-state index in [1.807, 2.05) is 36.4 Å². The van der Waals surface area contributed by atoms with E-state index in [0.717, 1.165) is 49.8 Å². The van der Waals surface area contributed by atoms with Crippen molar-refractivity contribution in [1.82, 2.24) is 9.97 Å². The molecule has 0 radical (unpaired) electrons. The lowest BCUT2D eigenvalue weighted by Gasteiger charge is -2.33. The van der Waals surface area contributed by atoms with Gasteiger partial charge in [-0.15, -0.1) is 0 Å². The maximum absolute atomic E-state index is 12.2. The van der Waals surface area contributed by atoms with Crippen molar-refractivity contribution < 1.29 is 4.79 Å². The van der Waals surface area contributed by atoms with Crippen molar-refractivity contribution in [3.63, 3.8) is 0 Å². The number of hydrogen-bond donors (Lipinski definition) is 2. The lowest BCUT2D eigenvalue weighted by atomic mass is 9.93. The van der Waals surface area contributed by atoms with Crippen LogP contribution in [0.25, 0.3) is 0 Å². The Morgan fingerprint density at radius 1 is 1.27 bits per heavy atom. The van der Waals surface area contributed by atoms with Crippen LogP contribution in [0.3, 0.4) is 0 Å². The Hall–Kier alpha value is -2.63. The molecule has 0 saturated carbocycles. The van der Waals surface area contributed by atoms with E-state index in [9.17, 15) is 4.79 Å². The number of nitrogens with one attached hydrogen (secondary N) is 2. The highest BCUT2D eigenvalue weighted by Crippen LogP contribution is 2.25. The van der Waals surface area contributed by atoms with Crippen LogP contribution in [-0.2, 0) is 4.79 Å². The number of carbonyl (C=O) groups excluding carboxylic acids is 1. The molecule has 2 heterocycles. The minimum absolute atomic E-state index is 0.0878. The zero-order chi connectivity index (χ0) is 18.2. The molecular weight excluding hydrogens is 326 g/mol. The third-order valence-electron chi connectivity index (χ3n) is 4.69. The van der Waals surface area contributed by atoms with Gasteiger partial charge in [-0.1, -0.05) is 18.2 Å². The lowest BCUT2D eigenvalue weighted by Crippen LogP contribution is -2.36. The van der Waals surface area contributed by atoms with Gasteiger partial charge in [-0.05, 0) is 44.2 Å². The van der Waals surface area contributed by atoms with Gasteiger partial charge >= 0.3 is 0 Å². The third-order valence-corrected chi connectivity index (χ3v) is 4.69. The lowest BCUT2D eigenvalue weighted by molar-refractivity contribution is -0.116.